The van der Waals surface area contributed by atoms with Gasteiger partial charge in [0.1, 0.15) is 0 Å². The summed E-state index contributed by atoms with van der Waals surface area (Å²) < 4.78 is 0. The van der Waals surface area contributed by atoms with E-state index in [0.717, 1.165) is 0 Å². The number of hydrogen-bond acceptors (Lipinski definition) is 6. The Hall–Kier alpha value is 0.643. The Morgan fingerprint density at radius 2 is 1.43 bits per heavy atom. The number of aliphatic hydroxyl groups is 4. The van der Waals surface area contributed by atoms with Crippen molar-refractivity contribution in [2.75, 3.05) is 19.7 Å². The predicted octanol–water partition coefficient (Wildman–Crippen LogP) is -2.06. The molecule has 8 N–H and O–H groups in total. The van der Waals surface area contributed by atoms with Gasteiger partial charge in [0.05, 0.1) is 6.29 Å². The van der Waals surface area contributed by atoms with Crippen LogP contribution in [0.5, 0.6) is 0 Å². The first kappa shape index (κ1) is 24.1. The van der Waals surface area contributed by atoms with Crippen molar-refractivity contribution in [2.24, 2.45) is 11.5 Å². The van der Waals surface area contributed by atoms with E-state index in [9.17, 15) is 0 Å². The SMILES string of the molecule is C[C-](O)C(O)O.NCCN.[CH2-]CO.[Zr+2]. The molecule has 0 heterocycles. The van der Waals surface area contributed by atoms with Gasteiger partial charge in [-0.05, 0) is 0 Å². The first-order chi connectivity index (χ1) is 5.97. The fourth-order valence-corrected chi connectivity index (χ4v) is 0. The number of hydrogen-bond donors (Lipinski definition) is 6. The van der Waals surface area contributed by atoms with Gasteiger partial charge in [-0.1, -0.05) is 6.61 Å². The quantitative estimate of drug-likeness (QED) is 0.255. The van der Waals surface area contributed by atoms with Crippen LogP contribution in [0.4, 0.5) is 0 Å². The van der Waals surface area contributed by atoms with E-state index in [1.807, 2.05) is 0 Å². The Morgan fingerprint density at radius 3 is 1.43 bits per heavy atom. The monoisotopic (exact) mass is 286 g/mol. The van der Waals surface area contributed by atoms with E-state index in [-0.39, 0.29) is 38.9 Å². The van der Waals surface area contributed by atoms with Crippen molar-refractivity contribution < 1.29 is 46.6 Å². The molecule has 7 heteroatoms. The van der Waals surface area contributed by atoms with E-state index in [4.69, 9.17) is 31.9 Å². The summed E-state index contributed by atoms with van der Waals surface area (Å²) in [5, 5.41) is 31.3. The van der Waals surface area contributed by atoms with Crippen LogP contribution >= 0.6 is 0 Å². The summed E-state index contributed by atoms with van der Waals surface area (Å²) in [7, 11) is 0. The maximum absolute atomic E-state index is 8.05. The minimum absolute atomic E-state index is 0. The van der Waals surface area contributed by atoms with Crippen LogP contribution in [0.3, 0.4) is 0 Å². The van der Waals surface area contributed by atoms with Gasteiger partial charge >= 0.3 is 26.2 Å². The van der Waals surface area contributed by atoms with E-state index in [0.29, 0.717) is 13.1 Å². The average molecular weight is 287 g/mol. The molecule has 0 aromatic carbocycles. The summed E-state index contributed by atoms with van der Waals surface area (Å²) in [6.07, 6.45) is -2.06. The van der Waals surface area contributed by atoms with Gasteiger partial charge in [0.2, 0.25) is 0 Å². The minimum Gasteiger partial charge on any atom is -0.558 e. The predicted molar refractivity (Wildman–Crippen MR) is 49.6 cm³/mol. The Labute approximate surface area is 104 Å². The van der Waals surface area contributed by atoms with Crippen LogP contribution in [0.15, 0.2) is 0 Å². The molecule has 0 aromatic rings. The Kier molecular flexibility index (Phi) is 40.3. The van der Waals surface area contributed by atoms with E-state index in [2.05, 4.69) is 6.92 Å². The summed E-state index contributed by atoms with van der Waals surface area (Å²) in [6, 6.07) is 0. The fraction of sp³-hybridized carbons (Fsp3) is 0.714. The molecular formula is C7H20N2O4Zr. The molecule has 0 aliphatic rings. The van der Waals surface area contributed by atoms with Crippen LogP contribution in [0.2, 0.25) is 0 Å². The van der Waals surface area contributed by atoms with Crippen molar-refractivity contribution in [3.05, 3.63) is 13.0 Å². The molecule has 0 saturated heterocycles. The Balaban J connectivity index is -0.0000000553. The van der Waals surface area contributed by atoms with Crippen LogP contribution in [-0.2, 0) is 26.2 Å². The molecule has 86 valence electrons. The molecule has 0 aromatic heterocycles. The summed E-state index contributed by atoms with van der Waals surface area (Å²) in [6.45, 7) is 5.45. The van der Waals surface area contributed by atoms with Crippen LogP contribution < -0.4 is 11.5 Å². The summed E-state index contributed by atoms with van der Waals surface area (Å²) in [4.78, 5) is 0. The third-order valence-electron chi connectivity index (χ3n) is 0.540. The first-order valence-electron chi connectivity index (χ1n) is 3.66. The second kappa shape index (κ2) is 23.5. The van der Waals surface area contributed by atoms with Gasteiger partial charge in [-0.2, -0.15) is 6.92 Å². The second-order valence-corrected chi connectivity index (χ2v) is 1.82. The van der Waals surface area contributed by atoms with Gasteiger partial charge in [0, 0.05) is 13.1 Å². The number of aliphatic hydroxyl groups excluding tert-OH is 3. The molecule has 0 fully saturated rings. The molecule has 0 bridgehead atoms. The van der Waals surface area contributed by atoms with Crippen LogP contribution in [0.1, 0.15) is 6.92 Å². The van der Waals surface area contributed by atoms with Gasteiger partial charge in [0.15, 0.2) is 0 Å². The topological polar surface area (TPSA) is 133 Å². The van der Waals surface area contributed by atoms with E-state index in [1.165, 1.54) is 6.92 Å². The van der Waals surface area contributed by atoms with E-state index < -0.39 is 6.29 Å². The molecule has 14 heavy (non-hydrogen) atoms. The third kappa shape index (κ3) is 53.8. The molecule has 0 rings (SSSR count). The Bertz CT molecular complexity index is 68.7. The zero-order chi connectivity index (χ0) is 11.3. The van der Waals surface area contributed by atoms with E-state index in [1.54, 1.807) is 0 Å². The van der Waals surface area contributed by atoms with E-state index >= 15 is 0 Å². The number of rotatable bonds is 2. The summed E-state index contributed by atoms with van der Waals surface area (Å²) in [5.74, 6) is 0. The maximum Gasteiger partial charge on any atom is 2.00 e. The van der Waals surface area contributed by atoms with Gasteiger partial charge in [-0.3, -0.25) is 0 Å². The molecule has 0 aliphatic carbocycles. The van der Waals surface area contributed by atoms with Crippen LogP contribution in [0, 0.1) is 13.0 Å². The third-order valence-corrected chi connectivity index (χ3v) is 0.540. The van der Waals surface area contributed by atoms with Crippen molar-refractivity contribution in [3.63, 3.8) is 0 Å². The molecule has 0 amide bonds. The van der Waals surface area contributed by atoms with Gasteiger partial charge in [-0.15, -0.1) is 6.10 Å². The summed E-state index contributed by atoms with van der Waals surface area (Å²) >= 11 is 0. The molecule has 0 saturated carbocycles. The number of nitrogens with two attached hydrogens (primary N) is 2. The summed E-state index contributed by atoms with van der Waals surface area (Å²) in [5.41, 5.74) is 9.81. The van der Waals surface area contributed by atoms with Gasteiger partial charge < -0.3 is 38.8 Å². The van der Waals surface area contributed by atoms with Crippen molar-refractivity contribution >= 4 is 0 Å². The molecule has 0 spiro atoms. The smallest absolute Gasteiger partial charge is 0.558 e. The molecule has 0 aliphatic heterocycles. The van der Waals surface area contributed by atoms with Crippen molar-refractivity contribution in [3.8, 4) is 0 Å². The molecule has 0 unspecified atom stereocenters. The minimum atomic E-state index is -1.68. The van der Waals surface area contributed by atoms with Crippen molar-refractivity contribution in [1.82, 2.24) is 0 Å². The van der Waals surface area contributed by atoms with Gasteiger partial charge in [-0.25, -0.2) is 0 Å². The second-order valence-electron chi connectivity index (χ2n) is 1.82. The van der Waals surface area contributed by atoms with Crippen LogP contribution in [-0.4, -0.2) is 46.4 Å². The van der Waals surface area contributed by atoms with Crippen molar-refractivity contribution in [2.45, 2.75) is 13.2 Å². The zero-order valence-corrected chi connectivity index (χ0v) is 10.8. The molecule has 0 radical (unpaired) electrons. The largest absolute Gasteiger partial charge is 2.00 e. The Morgan fingerprint density at radius 1 is 1.29 bits per heavy atom. The fourth-order valence-electron chi connectivity index (χ4n) is 0. The molecular weight excluding hydrogens is 267 g/mol. The normalized spacial score (nSPS) is 8.14. The average Bonchev–Trinajstić information content (AvgIpc) is 2.06. The molecule has 6 nitrogen and oxygen atoms in total. The van der Waals surface area contributed by atoms with Crippen molar-refractivity contribution in [1.29, 1.82) is 0 Å². The maximum atomic E-state index is 8.05. The standard InChI is InChI=1S/C3H7O3.C2H8N2.C2H5O.Zr/c1-2(4)3(5)6;3-1-2-4;1-2-3;/h3-6H,1H3;1-4H2;3H,1-2H2;/q-1;;-1;+2. The first-order valence-corrected chi connectivity index (χ1v) is 3.66. The van der Waals surface area contributed by atoms with Gasteiger partial charge in [0.25, 0.3) is 0 Å². The molecule has 0 atom stereocenters. The zero-order valence-electron chi connectivity index (χ0n) is 8.35. The van der Waals surface area contributed by atoms with Crippen LogP contribution in [0.25, 0.3) is 0 Å².